The second-order valence-electron chi connectivity index (χ2n) is 6.06. The van der Waals surface area contributed by atoms with Crippen molar-refractivity contribution in [1.82, 2.24) is 5.32 Å². The Morgan fingerprint density at radius 3 is 2.68 bits per heavy atom. The Kier molecular flexibility index (Phi) is 4.92. The third-order valence-electron chi connectivity index (χ3n) is 4.37. The molecule has 1 amide bonds. The molecule has 6 nitrogen and oxygen atoms in total. The van der Waals surface area contributed by atoms with Crippen molar-refractivity contribution in [3.63, 3.8) is 0 Å². The van der Waals surface area contributed by atoms with Gasteiger partial charge in [-0.1, -0.05) is 12.1 Å². The molecule has 0 bridgehead atoms. The number of rotatable bonds is 5. The van der Waals surface area contributed by atoms with Gasteiger partial charge in [-0.2, -0.15) is 0 Å². The van der Waals surface area contributed by atoms with Gasteiger partial charge in [0.25, 0.3) is 11.6 Å². The van der Waals surface area contributed by atoms with Crippen LogP contribution in [0.15, 0.2) is 48.5 Å². The van der Waals surface area contributed by atoms with E-state index in [1.54, 1.807) is 18.2 Å². The zero-order valence-electron chi connectivity index (χ0n) is 13.5. The highest BCUT2D eigenvalue weighted by atomic mass is 19.1. The van der Waals surface area contributed by atoms with Crippen molar-refractivity contribution in [3.05, 3.63) is 70.0 Å². The van der Waals surface area contributed by atoms with Crippen LogP contribution in [0.3, 0.4) is 0 Å². The van der Waals surface area contributed by atoms with Crippen LogP contribution in [0.25, 0.3) is 0 Å². The molecule has 1 aliphatic heterocycles. The van der Waals surface area contributed by atoms with Crippen LogP contribution in [0.5, 0.6) is 0 Å². The number of benzene rings is 2. The molecule has 0 spiro atoms. The highest BCUT2D eigenvalue weighted by Crippen LogP contribution is 2.24. The lowest BCUT2D eigenvalue weighted by Crippen LogP contribution is -2.31. The van der Waals surface area contributed by atoms with Crippen LogP contribution in [0.4, 0.5) is 15.8 Å². The van der Waals surface area contributed by atoms with Gasteiger partial charge in [0.1, 0.15) is 11.4 Å². The minimum Gasteiger partial charge on any atom is -0.371 e. The van der Waals surface area contributed by atoms with Crippen molar-refractivity contribution < 1.29 is 14.1 Å². The summed E-state index contributed by atoms with van der Waals surface area (Å²) in [6.07, 6.45) is 0.897. The maximum atomic E-state index is 13.0. The molecule has 25 heavy (non-hydrogen) atoms. The van der Waals surface area contributed by atoms with Crippen molar-refractivity contribution in [1.29, 1.82) is 0 Å². The van der Waals surface area contributed by atoms with Gasteiger partial charge in [-0.15, -0.1) is 0 Å². The third-order valence-corrected chi connectivity index (χ3v) is 4.37. The summed E-state index contributed by atoms with van der Waals surface area (Å²) < 4.78 is 13.0. The summed E-state index contributed by atoms with van der Waals surface area (Å²) in [6.45, 7) is 2.03. The van der Waals surface area contributed by atoms with E-state index in [0.717, 1.165) is 25.2 Å². The van der Waals surface area contributed by atoms with E-state index in [9.17, 15) is 19.3 Å². The molecule has 1 heterocycles. The minimum absolute atomic E-state index is 0.0703. The number of nitrogens with one attached hydrogen (secondary N) is 1. The average Bonchev–Trinajstić information content (AvgIpc) is 3.09. The molecule has 1 atom stereocenters. The maximum Gasteiger partial charge on any atom is 0.282 e. The number of halogens is 1. The smallest absolute Gasteiger partial charge is 0.282 e. The molecule has 2 aromatic rings. The van der Waals surface area contributed by atoms with E-state index in [0.29, 0.717) is 6.54 Å². The lowest BCUT2D eigenvalue weighted by molar-refractivity contribution is -0.385. The fourth-order valence-electron chi connectivity index (χ4n) is 3.04. The standard InChI is InChI=1S/C18H18FN3O3/c19-14-5-7-15(8-6-14)21-10-9-13(12-21)11-20-18(23)16-3-1-2-4-17(16)22(24)25/h1-8,13H,9-12H2,(H,20,23)/t13-/m0/s1. The van der Waals surface area contributed by atoms with Crippen LogP contribution in [0, 0.1) is 21.8 Å². The molecule has 0 aromatic heterocycles. The molecular formula is C18H18FN3O3. The van der Waals surface area contributed by atoms with Crippen LogP contribution in [0.2, 0.25) is 0 Å². The highest BCUT2D eigenvalue weighted by molar-refractivity contribution is 5.98. The fourth-order valence-corrected chi connectivity index (χ4v) is 3.04. The average molecular weight is 343 g/mol. The first-order valence-electron chi connectivity index (χ1n) is 8.06. The predicted octanol–water partition coefficient (Wildman–Crippen LogP) is 2.99. The summed E-state index contributed by atoms with van der Waals surface area (Å²) in [5, 5.41) is 13.8. The van der Waals surface area contributed by atoms with E-state index >= 15 is 0 Å². The number of nitrogens with zero attached hydrogens (tertiary/aromatic N) is 2. The topological polar surface area (TPSA) is 75.5 Å². The van der Waals surface area contributed by atoms with Gasteiger partial charge in [0.2, 0.25) is 0 Å². The first-order chi connectivity index (χ1) is 12.0. The molecule has 0 radical (unpaired) electrons. The van der Waals surface area contributed by atoms with Gasteiger partial charge in [0, 0.05) is 31.4 Å². The number of hydrogen-bond donors (Lipinski definition) is 1. The Hall–Kier alpha value is -2.96. The van der Waals surface area contributed by atoms with Crippen LogP contribution in [-0.4, -0.2) is 30.5 Å². The van der Waals surface area contributed by atoms with Crippen molar-refractivity contribution in [2.75, 3.05) is 24.5 Å². The molecule has 0 aliphatic carbocycles. The SMILES string of the molecule is O=C(NC[C@@H]1CCN(c2ccc(F)cc2)C1)c1ccccc1[N+](=O)[O-]. The number of hydrogen-bond acceptors (Lipinski definition) is 4. The first-order valence-corrected chi connectivity index (χ1v) is 8.06. The molecule has 1 fully saturated rings. The molecule has 1 saturated heterocycles. The lowest BCUT2D eigenvalue weighted by atomic mass is 10.1. The minimum atomic E-state index is -0.555. The third kappa shape index (κ3) is 3.93. The molecule has 7 heteroatoms. The van der Waals surface area contributed by atoms with Crippen LogP contribution >= 0.6 is 0 Å². The zero-order chi connectivity index (χ0) is 17.8. The maximum absolute atomic E-state index is 13.0. The molecule has 0 saturated carbocycles. The molecular weight excluding hydrogens is 325 g/mol. The second kappa shape index (κ2) is 7.29. The number of amides is 1. The summed E-state index contributed by atoms with van der Waals surface area (Å²) in [5.74, 6) is -0.458. The second-order valence-corrected chi connectivity index (χ2v) is 6.06. The number of para-hydroxylation sites is 1. The number of nitro benzene ring substituents is 1. The Morgan fingerprint density at radius 1 is 1.24 bits per heavy atom. The summed E-state index contributed by atoms with van der Waals surface area (Å²) in [5.41, 5.74) is 0.828. The van der Waals surface area contributed by atoms with E-state index in [1.165, 1.54) is 30.3 Å². The van der Waals surface area contributed by atoms with Gasteiger partial charge >= 0.3 is 0 Å². The largest absolute Gasteiger partial charge is 0.371 e. The van der Waals surface area contributed by atoms with E-state index in [-0.39, 0.29) is 23.0 Å². The normalized spacial score (nSPS) is 16.7. The quantitative estimate of drug-likeness (QED) is 0.669. The summed E-state index contributed by atoms with van der Waals surface area (Å²) in [4.78, 5) is 24.8. The van der Waals surface area contributed by atoms with Crippen LogP contribution in [0.1, 0.15) is 16.8 Å². The molecule has 2 aromatic carbocycles. The van der Waals surface area contributed by atoms with Crippen molar-refractivity contribution >= 4 is 17.3 Å². The first kappa shape index (κ1) is 16.9. The van der Waals surface area contributed by atoms with Crippen molar-refractivity contribution in [2.24, 2.45) is 5.92 Å². The van der Waals surface area contributed by atoms with Crippen molar-refractivity contribution in [3.8, 4) is 0 Å². The van der Waals surface area contributed by atoms with E-state index in [2.05, 4.69) is 10.2 Å². The van der Waals surface area contributed by atoms with Crippen LogP contribution in [-0.2, 0) is 0 Å². The monoisotopic (exact) mass is 343 g/mol. The Bertz CT molecular complexity index is 779. The van der Waals surface area contributed by atoms with Gasteiger partial charge in [-0.25, -0.2) is 4.39 Å². The van der Waals surface area contributed by atoms with Gasteiger partial charge in [0.15, 0.2) is 0 Å². The number of carbonyl (C=O) groups excluding carboxylic acids is 1. The Morgan fingerprint density at radius 2 is 1.96 bits per heavy atom. The van der Waals surface area contributed by atoms with Gasteiger partial charge < -0.3 is 10.2 Å². The zero-order valence-corrected chi connectivity index (χ0v) is 13.5. The highest BCUT2D eigenvalue weighted by Gasteiger charge is 2.25. The number of carbonyl (C=O) groups is 1. The number of nitro groups is 1. The van der Waals surface area contributed by atoms with E-state index in [1.807, 2.05) is 0 Å². The molecule has 1 N–H and O–H groups in total. The summed E-state index contributed by atoms with van der Waals surface area (Å²) >= 11 is 0. The molecule has 130 valence electrons. The Balaban J connectivity index is 1.57. The summed E-state index contributed by atoms with van der Waals surface area (Å²) in [6, 6.07) is 12.2. The Labute approximate surface area is 144 Å². The van der Waals surface area contributed by atoms with Gasteiger partial charge in [-0.05, 0) is 42.7 Å². The van der Waals surface area contributed by atoms with Crippen molar-refractivity contribution in [2.45, 2.75) is 6.42 Å². The lowest BCUT2D eigenvalue weighted by Gasteiger charge is -2.18. The molecule has 3 rings (SSSR count). The van der Waals surface area contributed by atoms with Crippen LogP contribution < -0.4 is 10.2 Å². The number of anilines is 1. The molecule has 1 aliphatic rings. The van der Waals surface area contributed by atoms with Gasteiger partial charge in [-0.3, -0.25) is 14.9 Å². The van der Waals surface area contributed by atoms with E-state index in [4.69, 9.17) is 0 Å². The van der Waals surface area contributed by atoms with Gasteiger partial charge in [0.05, 0.1) is 4.92 Å². The van der Waals surface area contributed by atoms with E-state index < -0.39 is 10.8 Å². The predicted molar refractivity (Wildman–Crippen MR) is 92.1 cm³/mol. The fraction of sp³-hybridized carbons (Fsp3) is 0.278. The summed E-state index contributed by atoms with van der Waals surface area (Å²) in [7, 11) is 0. The molecule has 0 unspecified atom stereocenters.